The van der Waals surface area contributed by atoms with Crippen LogP contribution in [0.25, 0.3) is 11.3 Å². The smallest absolute Gasteiger partial charge is 0.236 e. The number of aromatic nitrogens is 4. The van der Waals surface area contributed by atoms with Crippen molar-refractivity contribution in [1.82, 2.24) is 19.7 Å². The fourth-order valence-electron chi connectivity index (χ4n) is 4.26. The number of nitrogens with one attached hydrogen (secondary N) is 2. The summed E-state index contributed by atoms with van der Waals surface area (Å²) in [5, 5.41) is 30.6. The first kappa shape index (κ1) is 20.3. The summed E-state index contributed by atoms with van der Waals surface area (Å²) in [5.41, 5.74) is 3.84. The maximum atomic E-state index is 9.94. The normalized spacial score (nSPS) is 20.5. The third kappa shape index (κ3) is 3.15. The molecular formula is C23H25N7O2. The predicted molar refractivity (Wildman–Crippen MR) is 120 cm³/mol. The van der Waals surface area contributed by atoms with Crippen LogP contribution in [0.4, 0.5) is 17.3 Å². The fraction of sp³-hybridized carbons (Fsp3) is 0.391. The molecule has 0 fully saturated rings. The number of rotatable bonds is 4. The fourth-order valence-corrected chi connectivity index (χ4v) is 4.26. The molecule has 0 saturated carbocycles. The standard InChI is InChI=1S/C23H25N7O2/c1-22(2)5-7-32-20-18(11-27-30(20)22)29-21-25-6-4-17(28-21)14-8-15(10-24)19-16(9-14)23(3,13-31)12-26-19/h4,6,8-9,11,26,31H,5,7,12-13H2,1-3H3,(H,25,28,29)/t23-/m1/s1. The Kier molecular flexibility index (Phi) is 4.57. The number of anilines is 3. The van der Waals surface area contributed by atoms with Crippen molar-refractivity contribution in [1.29, 1.82) is 5.26 Å². The molecule has 0 unspecified atom stereocenters. The zero-order valence-electron chi connectivity index (χ0n) is 18.3. The Bertz CT molecular complexity index is 1240. The first-order valence-corrected chi connectivity index (χ1v) is 10.6. The number of aliphatic hydroxyl groups is 1. The number of aliphatic hydroxyl groups excluding tert-OH is 1. The van der Waals surface area contributed by atoms with Gasteiger partial charge in [0.15, 0.2) is 0 Å². The Morgan fingerprint density at radius 3 is 2.97 bits per heavy atom. The van der Waals surface area contributed by atoms with E-state index in [2.05, 4.69) is 45.6 Å². The van der Waals surface area contributed by atoms with Crippen molar-refractivity contribution >= 4 is 17.3 Å². The Hall–Kier alpha value is -3.64. The molecule has 3 N–H and O–H groups in total. The van der Waals surface area contributed by atoms with Crippen molar-refractivity contribution in [3.8, 4) is 23.2 Å². The van der Waals surface area contributed by atoms with Crippen molar-refractivity contribution < 1.29 is 9.84 Å². The van der Waals surface area contributed by atoms with Crippen molar-refractivity contribution in [2.75, 3.05) is 30.4 Å². The topological polar surface area (TPSA) is 121 Å². The minimum Gasteiger partial charge on any atom is -0.476 e. The molecule has 9 heteroatoms. The summed E-state index contributed by atoms with van der Waals surface area (Å²) in [6.07, 6.45) is 4.28. The minimum atomic E-state index is -0.452. The molecule has 5 rings (SSSR count). The zero-order valence-corrected chi connectivity index (χ0v) is 18.3. The first-order chi connectivity index (χ1) is 15.3. The molecule has 0 spiro atoms. The molecule has 2 aromatic heterocycles. The molecule has 164 valence electrons. The Morgan fingerprint density at radius 2 is 2.19 bits per heavy atom. The highest BCUT2D eigenvalue weighted by molar-refractivity contribution is 5.76. The quantitative estimate of drug-likeness (QED) is 0.576. The minimum absolute atomic E-state index is 0.0129. The third-order valence-corrected chi connectivity index (χ3v) is 6.36. The molecule has 0 aliphatic carbocycles. The van der Waals surface area contributed by atoms with Crippen molar-refractivity contribution in [2.24, 2.45) is 0 Å². The van der Waals surface area contributed by atoms with Crippen molar-refractivity contribution in [3.63, 3.8) is 0 Å². The van der Waals surface area contributed by atoms with Gasteiger partial charge in [0, 0.05) is 30.1 Å². The summed E-state index contributed by atoms with van der Waals surface area (Å²) in [6.45, 7) is 7.43. The number of nitriles is 1. The van der Waals surface area contributed by atoms with Crippen molar-refractivity contribution in [2.45, 2.75) is 38.1 Å². The molecule has 4 heterocycles. The summed E-state index contributed by atoms with van der Waals surface area (Å²) in [7, 11) is 0. The molecule has 32 heavy (non-hydrogen) atoms. The van der Waals surface area contributed by atoms with E-state index in [1.165, 1.54) is 0 Å². The van der Waals surface area contributed by atoms with Crippen LogP contribution in [-0.4, -0.2) is 44.6 Å². The van der Waals surface area contributed by atoms with Gasteiger partial charge < -0.3 is 20.5 Å². The molecule has 1 aromatic carbocycles. The highest BCUT2D eigenvalue weighted by atomic mass is 16.5. The number of nitrogens with zero attached hydrogens (tertiary/aromatic N) is 5. The highest BCUT2D eigenvalue weighted by Gasteiger charge is 2.36. The van der Waals surface area contributed by atoms with Crippen LogP contribution in [0.1, 0.15) is 38.3 Å². The number of hydrogen-bond acceptors (Lipinski definition) is 8. The lowest BCUT2D eigenvalue weighted by Gasteiger charge is -2.31. The molecular weight excluding hydrogens is 406 g/mol. The van der Waals surface area contributed by atoms with Gasteiger partial charge >= 0.3 is 0 Å². The highest BCUT2D eigenvalue weighted by Crippen LogP contribution is 2.41. The lowest BCUT2D eigenvalue weighted by Crippen LogP contribution is -2.34. The lowest BCUT2D eigenvalue weighted by molar-refractivity contribution is 0.139. The largest absolute Gasteiger partial charge is 0.476 e. The van der Waals surface area contributed by atoms with Crippen LogP contribution in [0.2, 0.25) is 0 Å². The van der Waals surface area contributed by atoms with Crippen LogP contribution >= 0.6 is 0 Å². The SMILES string of the molecule is CC1(C)CCOc2c(Nc3nccc(-c4cc(C#N)c5c(c4)[C@@](C)(CO)CN5)n3)cnn21. The van der Waals surface area contributed by atoms with Gasteiger partial charge in [0.2, 0.25) is 11.8 Å². The Labute approximate surface area is 186 Å². The molecule has 0 amide bonds. The second kappa shape index (κ2) is 7.21. The van der Waals surface area contributed by atoms with E-state index < -0.39 is 5.41 Å². The van der Waals surface area contributed by atoms with Crippen LogP contribution in [0.15, 0.2) is 30.6 Å². The molecule has 2 aliphatic rings. The van der Waals surface area contributed by atoms with Gasteiger partial charge in [-0.25, -0.2) is 14.6 Å². The molecule has 9 nitrogen and oxygen atoms in total. The monoisotopic (exact) mass is 431 g/mol. The van der Waals surface area contributed by atoms with E-state index in [9.17, 15) is 10.4 Å². The average Bonchev–Trinajstić information content (AvgIpc) is 3.36. The van der Waals surface area contributed by atoms with Gasteiger partial charge in [-0.05, 0) is 37.6 Å². The van der Waals surface area contributed by atoms with Gasteiger partial charge in [-0.3, -0.25) is 0 Å². The van der Waals surface area contributed by atoms with Crippen LogP contribution in [0.5, 0.6) is 5.88 Å². The van der Waals surface area contributed by atoms with Gasteiger partial charge in [0.05, 0.1) is 41.9 Å². The molecule has 0 bridgehead atoms. The molecule has 3 aromatic rings. The first-order valence-electron chi connectivity index (χ1n) is 10.6. The summed E-state index contributed by atoms with van der Waals surface area (Å²) >= 11 is 0. The number of benzene rings is 1. The summed E-state index contributed by atoms with van der Waals surface area (Å²) < 4.78 is 7.73. The number of ether oxygens (including phenoxy) is 1. The van der Waals surface area contributed by atoms with E-state index in [1.54, 1.807) is 18.5 Å². The van der Waals surface area contributed by atoms with Crippen LogP contribution in [0.3, 0.4) is 0 Å². The van der Waals surface area contributed by atoms with Crippen LogP contribution in [0, 0.1) is 11.3 Å². The van der Waals surface area contributed by atoms with E-state index in [-0.39, 0.29) is 12.1 Å². The predicted octanol–water partition coefficient (Wildman–Crippen LogP) is 3.15. The second-order valence-corrected chi connectivity index (χ2v) is 9.21. The number of fused-ring (bicyclic) bond motifs is 2. The zero-order chi connectivity index (χ0) is 22.5. The van der Waals surface area contributed by atoms with Gasteiger partial charge in [-0.1, -0.05) is 6.92 Å². The van der Waals surface area contributed by atoms with Gasteiger partial charge in [-0.15, -0.1) is 0 Å². The maximum absolute atomic E-state index is 9.94. The molecule has 1 atom stereocenters. The van der Waals surface area contributed by atoms with E-state index >= 15 is 0 Å². The second-order valence-electron chi connectivity index (χ2n) is 9.21. The van der Waals surface area contributed by atoms with Gasteiger partial charge in [0.1, 0.15) is 11.8 Å². The Morgan fingerprint density at radius 1 is 1.34 bits per heavy atom. The van der Waals surface area contributed by atoms with E-state index in [0.717, 1.165) is 23.2 Å². The molecule has 2 aliphatic heterocycles. The third-order valence-electron chi connectivity index (χ3n) is 6.36. The summed E-state index contributed by atoms with van der Waals surface area (Å²) in [6, 6.07) is 7.87. The maximum Gasteiger partial charge on any atom is 0.236 e. The lowest BCUT2D eigenvalue weighted by atomic mass is 9.83. The summed E-state index contributed by atoms with van der Waals surface area (Å²) in [4.78, 5) is 9.02. The average molecular weight is 432 g/mol. The van der Waals surface area contributed by atoms with Crippen molar-refractivity contribution in [3.05, 3.63) is 41.7 Å². The number of hydrogen-bond donors (Lipinski definition) is 3. The van der Waals surface area contributed by atoms with E-state index in [0.29, 0.717) is 41.9 Å². The van der Waals surface area contributed by atoms with Gasteiger partial charge in [-0.2, -0.15) is 10.4 Å². The molecule has 0 radical (unpaired) electrons. The summed E-state index contributed by atoms with van der Waals surface area (Å²) in [5.74, 6) is 1.08. The molecule has 0 saturated heterocycles. The van der Waals surface area contributed by atoms with E-state index in [4.69, 9.17) is 4.74 Å². The van der Waals surface area contributed by atoms with E-state index in [1.807, 2.05) is 23.7 Å². The Balaban J connectivity index is 1.51. The van der Waals surface area contributed by atoms with Crippen LogP contribution in [-0.2, 0) is 11.0 Å². The van der Waals surface area contributed by atoms with Crippen LogP contribution < -0.4 is 15.4 Å². The van der Waals surface area contributed by atoms with Gasteiger partial charge in [0.25, 0.3) is 0 Å².